The maximum Gasteiger partial charge on any atom is 0.124 e. The van der Waals surface area contributed by atoms with Crippen molar-refractivity contribution in [2.75, 3.05) is 0 Å². The van der Waals surface area contributed by atoms with E-state index in [1.165, 1.54) is 0 Å². The van der Waals surface area contributed by atoms with Crippen LogP contribution >= 0.6 is 0 Å². The van der Waals surface area contributed by atoms with Crippen molar-refractivity contribution in [3.05, 3.63) is 59.7 Å². The summed E-state index contributed by atoms with van der Waals surface area (Å²) in [5.74, 6) is 0.216. The van der Waals surface area contributed by atoms with Gasteiger partial charge in [0.25, 0.3) is 0 Å². The number of rotatable bonds is 3. The van der Waals surface area contributed by atoms with Crippen molar-refractivity contribution in [1.82, 2.24) is 0 Å². The van der Waals surface area contributed by atoms with Crippen LogP contribution in [0.25, 0.3) is 0 Å². The van der Waals surface area contributed by atoms with E-state index in [0.29, 0.717) is 11.3 Å². The number of benzene rings is 2. The Morgan fingerprint density at radius 2 is 1.78 bits per heavy atom. The number of nitrogens with zero attached hydrogens (tertiary/aromatic N) is 1. The number of aromatic hydroxyl groups is 1. The average Bonchev–Trinajstić information content (AvgIpc) is 2.38. The molecule has 0 unspecified atom stereocenters. The van der Waals surface area contributed by atoms with Gasteiger partial charge in [-0.2, -0.15) is 0 Å². The SMILES string of the molecule is CC(=N)c1ccc(N=Cc2ccccc2O)cc1. The number of aliphatic imine (C=N–C) groups is 1. The maximum absolute atomic E-state index is 9.59. The van der Waals surface area contributed by atoms with E-state index in [1.54, 1.807) is 31.3 Å². The van der Waals surface area contributed by atoms with Crippen LogP contribution in [0.15, 0.2) is 53.5 Å². The highest BCUT2D eigenvalue weighted by atomic mass is 16.3. The fourth-order valence-corrected chi connectivity index (χ4v) is 1.54. The third kappa shape index (κ3) is 2.83. The Morgan fingerprint density at radius 3 is 2.39 bits per heavy atom. The van der Waals surface area contributed by atoms with Crippen molar-refractivity contribution >= 4 is 17.6 Å². The maximum atomic E-state index is 9.59. The molecule has 0 aromatic heterocycles. The normalized spacial score (nSPS) is 10.7. The fraction of sp³-hybridized carbons (Fsp3) is 0.0667. The topological polar surface area (TPSA) is 56.4 Å². The van der Waals surface area contributed by atoms with Gasteiger partial charge in [-0.05, 0) is 36.8 Å². The lowest BCUT2D eigenvalue weighted by Crippen LogP contribution is -1.89. The molecule has 2 aromatic rings. The zero-order valence-electron chi connectivity index (χ0n) is 10.1. The van der Waals surface area contributed by atoms with Crippen LogP contribution in [-0.4, -0.2) is 17.0 Å². The molecule has 0 aliphatic rings. The first-order valence-corrected chi connectivity index (χ1v) is 5.64. The Bertz CT molecular complexity index is 586. The Labute approximate surface area is 106 Å². The van der Waals surface area contributed by atoms with E-state index >= 15 is 0 Å². The number of hydrogen-bond acceptors (Lipinski definition) is 3. The van der Waals surface area contributed by atoms with E-state index in [2.05, 4.69) is 4.99 Å². The zero-order valence-corrected chi connectivity index (χ0v) is 10.1. The molecule has 0 aliphatic heterocycles. The molecule has 0 spiro atoms. The number of phenols is 1. The second kappa shape index (κ2) is 5.27. The molecule has 2 rings (SSSR count). The minimum absolute atomic E-state index is 0.216. The molecule has 3 nitrogen and oxygen atoms in total. The number of hydrogen-bond donors (Lipinski definition) is 2. The largest absolute Gasteiger partial charge is 0.507 e. The van der Waals surface area contributed by atoms with Crippen LogP contribution in [0.2, 0.25) is 0 Å². The summed E-state index contributed by atoms with van der Waals surface area (Å²) in [4.78, 5) is 4.28. The van der Waals surface area contributed by atoms with Gasteiger partial charge in [0, 0.05) is 17.5 Å². The molecule has 0 saturated heterocycles. The van der Waals surface area contributed by atoms with Gasteiger partial charge in [-0.25, -0.2) is 0 Å². The lowest BCUT2D eigenvalue weighted by atomic mass is 10.1. The van der Waals surface area contributed by atoms with Crippen LogP contribution < -0.4 is 0 Å². The molecular formula is C15H14N2O. The van der Waals surface area contributed by atoms with E-state index in [9.17, 15) is 5.11 Å². The molecule has 0 heterocycles. The molecule has 2 N–H and O–H groups in total. The quantitative estimate of drug-likeness (QED) is 0.789. The summed E-state index contributed by atoms with van der Waals surface area (Å²) in [7, 11) is 0. The number of nitrogens with one attached hydrogen (secondary N) is 1. The first kappa shape index (κ1) is 12.0. The number of para-hydroxylation sites is 1. The second-order valence-corrected chi connectivity index (χ2v) is 3.99. The summed E-state index contributed by atoms with van der Waals surface area (Å²) in [6, 6.07) is 14.5. The van der Waals surface area contributed by atoms with Crippen molar-refractivity contribution < 1.29 is 5.11 Å². The first-order chi connectivity index (χ1) is 8.66. The monoisotopic (exact) mass is 238 g/mol. The Kier molecular flexibility index (Phi) is 3.53. The summed E-state index contributed by atoms with van der Waals surface area (Å²) in [5, 5.41) is 17.1. The smallest absolute Gasteiger partial charge is 0.124 e. The predicted molar refractivity (Wildman–Crippen MR) is 74.3 cm³/mol. The van der Waals surface area contributed by atoms with Gasteiger partial charge < -0.3 is 10.5 Å². The fourth-order valence-electron chi connectivity index (χ4n) is 1.54. The molecule has 3 heteroatoms. The van der Waals surface area contributed by atoms with Gasteiger partial charge >= 0.3 is 0 Å². The molecule has 0 aliphatic carbocycles. The standard InChI is InChI=1S/C15H14N2O/c1-11(16)12-6-8-14(9-7-12)17-10-13-4-2-3-5-15(13)18/h2-10,16,18H,1H3. The molecule has 0 atom stereocenters. The van der Waals surface area contributed by atoms with Crippen molar-refractivity contribution in [2.45, 2.75) is 6.92 Å². The molecule has 0 fully saturated rings. The van der Waals surface area contributed by atoms with Crippen molar-refractivity contribution in [1.29, 1.82) is 5.41 Å². The molecule has 0 bridgehead atoms. The molecule has 90 valence electrons. The minimum atomic E-state index is 0.216. The van der Waals surface area contributed by atoms with Crippen LogP contribution in [0.3, 0.4) is 0 Å². The van der Waals surface area contributed by atoms with Crippen molar-refractivity contribution in [3.63, 3.8) is 0 Å². The summed E-state index contributed by atoms with van der Waals surface area (Å²) >= 11 is 0. The molecule has 0 saturated carbocycles. The van der Waals surface area contributed by atoms with Crippen molar-refractivity contribution in [3.8, 4) is 5.75 Å². The predicted octanol–water partition coefficient (Wildman–Crippen LogP) is 3.53. The Balaban J connectivity index is 2.19. The van der Waals surface area contributed by atoms with Crippen LogP contribution in [-0.2, 0) is 0 Å². The lowest BCUT2D eigenvalue weighted by molar-refractivity contribution is 0.474. The highest BCUT2D eigenvalue weighted by Crippen LogP contribution is 2.16. The minimum Gasteiger partial charge on any atom is -0.507 e. The molecule has 0 radical (unpaired) electrons. The van der Waals surface area contributed by atoms with Gasteiger partial charge in [-0.3, -0.25) is 4.99 Å². The molecule has 18 heavy (non-hydrogen) atoms. The highest BCUT2D eigenvalue weighted by Gasteiger charge is 1.96. The Morgan fingerprint density at radius 1 is 1.11 bits per heavy atom. The summed E-state index contributed by atoms with van der Waals surface area (Å²) < 4.78 is 0. The molecule has 2 aromatic carbocycles. The van der Waals surface area contributed by atoms with E-state index < -0.39 is 0 Å². The van der Waals surface area contributed by atoms with Gasteiger partial charge in [-0.15, -0.1) is 0 Å². The summed E-state index contributed by atoms with van der Waals surface area (Å²) in [6.45, 7) is 1.75. The van der Waals surface area contributed by atoms with Crippen LogP contribution in [0.5, 0.6) is 5.75 Å². The Hall–Kier alpha value is -2.42. The van der Waals surface area contributed by atoms with E-state index in [4.69, 9.17) is 5.41 Å². The van der Waals surface area contributed by atoms with Crippen LogP contribution in [0.4, 0.5) is 5.69 Å². The van der Waals surface area contributed by atoms with Crippen LogP contribution in [0, 0.1) is 5.41 Å². The second-order valence-electron chi connectivity index (χ2n) is 3.99. The van der Waals surface area contributed by atoms with E-state index in [-0.39, 0.29) is 5.75 Å². The summed E-state index contributed by atoms with van der Waals surface area (Å²) in [6.07, 6.45) is 1.63. The van der Waals surface area contributed by atoms with Gasteiger partial charge in [0.2, 0.25) is 0 Å². The van der Waals surface area contributed by atoms with Gasteiger partial charge in [-0.1, -0.05) is 24.3 Å². The van der Waals surface area contributed by atoms with E-state index in [1.807, 2.05) is 30.3 Å². The lowest BCUT2D eigenvalue weighted by Gasteiger charge is -1.99. The van der Waals surface area contributed by atoms with Gasteiger partial charge in [0.05, 0.1) is 5.69 Å². The number of phenolic OH excluding ortho intramolecular Hbond substituents is 1. The molecule has 0 amide bonds. The zero-order chi connectivity index (χ0) is 13.0. The van der Waals surface area contributed by atoms with E-state index in [0.717, 1.165) is 11.3 Å². The van der Waals surface area contributed by atoms with Gasteiger partial charge in [0.15, 0.2) is 0 Å². The first-order valence-electron chi connectivity index (χ1n) is 5.64. The summed E-state index contributed by atoms with van der Waals surface area (Å²) in [5.41, 5.74) is 2.90. The third-order valence-corrected chi connectivity index (χ3v) is 2.59. The van der Waals surface area contributed by atoms with Crippen LogP contribution in [0.1, 0.15) is 18.1 Å². The van der Waals surface area contributed by atoms with Gasteiger partial charge in [0.1, 0.15) is 5.75 Å². The third-order valence-electron chi connectivity index (χ3n) is 2.59. The van der Waals surface area contributed by atoms with Crippen molar-refractivity contribution in [2.24, 2.45) is 4.99 Å². The average molecular weight is 238 g/mol. The molecular weight excluding hydrogens is 224 g/mol. The highest BCUT2D eigenvalue weighted by molar-refractivity contribution is 5.96.